The highest BCUT2D eigenvalue weighted by atomic mass is 32.2. The van der Waals surface area contributed by atoms with Crippen LogP contribution in [0.25, 0.3) is 0 Å². The van der Waals surface area contributed by atoms with Gasteiger partial charge in [0, 0.05) is 11.9 Å². The molecule has 0 fully saturated rings. The molecule has 0 aromatic carbocycles. The van der Waals surface area contributed by atoms with Gasteiger partial charge in [-0.15, -0.1) is 11.8 Å². The number of halogens is 3. The molecule has 0 aliphatic carbocycles. The Morgan fingerprint density at radius 2 is 2.12 bits per heavy atom. The Kier molecular flexibility index (Phi) is 4.35. The third-order valence-electron chi connectivity index (χ3n) is 1.84. The van der Waals surface area contributed by atoms with Gasteiger partial charge in [0.15, 0.2) is 0 Å². The topological polar surface area (TPSA) is 82.0 Å². The van der Waals surface area contributed by atoms with E-state index >= 15 is 0 Å². The summed E-state index contributed by atoms with van der Waals surface area (Å²) in [5.41, 5.74) is 9.48. The van der Waals surface area contributed by atoms with Gasteiger partial charge in [-0.1, -0.05) is 0 Å². The van der Waals surface area contributed by atoms with E-state index in [1.54, 1.807) is 0 Å². The lowest BCUT2D eigenvalue weighted by molar-refractivity contribution is -0.137. The highest BCUT2D eigenvalue weighted by molar-refractivity contribution is 7.99. The van der Waals surface area contributed by atoms with Crippen molar-refractivity contribution in [3.05, 3.63) is 23.9 Å². The molecule has 0 aliphatic heterocycles. The number of rotatable bonds is 4. The third-order valence-corrected chi connectivity index (χ3v) is 2.90. The predicted octanol–water partition coefficient (Wildman–Crippen LogP) is 1.01. The van der Waals surface area contributed by atoms with Crippen LogP contribution in [-0.2, 0) is 11.0 Å². The van der Waals surface area contributed by atoms with E-state index < -0.39 is 23.7 Å². The molecule has 1 rings (SSSR count). The molecule has 0 aliphatic rings. The van der Waals surface area contributed by atoms with Gasteiger partial charge >= 0.3 is 6.18 Å². The second-order valence-corrected chi connectivity index (χ2v) is 4.24. The van der Waals surface area contributed by atoms with Gasteiger partial charge < -0.3 is 11.5 Å². The molecule has 4 N–H and O–H groups in total. The zero-order valence-corrected chi connectivity index (χ0v) is 9.39. The maximum atomic E-state index is 12.2. The third kappa shape index (κ3) is 4.23. The molecule has 1 amide bonds. The molecule has 1 atom stereocenters. The van der Waals surface area contributed by atoms with Crippen molar-refractivity contribution in [2.24, 2.45) is 11.5 Å². The first-order valence-electron chi connectivity index (χ1n) is 4.51. The van der Waals surface area contributed by atoms with Crippen molar-refractivity contribution in [3.8, 4) is 0 Å². The molecular formula is C9H10F3N3OS. The maximum absolute atomic E-state index is 12.2. The smallest absolute Gasteiger partial charge is 0.368 e. The maximum Gasteiger partial charge on any atom is 0.417 e. The van der Waals surface area contributed by atoms with Crippen LogP contribution in [0.3, 0.4) is 0 Å². The molecule has 17 heavy (non-hydrogen) atoms. The van der Waals surface area contributed by atoms with Gasteiger partial charge in [0.1, 0.15) is 0 Å². The van der Waals surface area contributed by atoms with Crippen LogP contribution in [0.1, 0.15) is 5.56 Å². The van der Waals surface area contributed by atoms with Gasteiger partial charge in [0.05, 0.1) is 16.6 Å². The molecule has 0 radical (unpaired) electrons. The Hall–Kier alpha value is -1.28. The van der Waals surface area contributed by atoms with Gasteiger partial charge in [-0.25, -0.2) is 4.98 Å². The van der Waals surface area contributed by atoms with Gasteiger partial charge in [-0.2, -0.15) is 13.2 Å². The van der Waals surface area contributed by atoms with Gasteiger partial charge in [-0.05, 0) is 12.1 Å². The summed E-state index contributed by atoms with van der Waals surface area (Å²) < 4.78 is 36.6. The summed E-state index contributed by atoms with van der Waals surface area (Å²) in [6.45, 7) is 0. The van der Waals surface area contributed by atoms with Crippen molar-refractivity contribution < 1.29 is 18.0 Å². The minimum absolute atomic E-state index is 0.174. The molecule has 1 aromatic heterocycles. The Balaban J connectivity index is 2.60. The number of carbonyl (C=O) groups excluding carboxylic acids is 1. The van der Waals surface area contributed by atoms with Crippen LogP contribution in [0.4, 0.5) is 13.2 Å². The van der Waals surface area contributed by atoms with Crippen LogP contribution in [-0.4, -0.2) is 22.7 Å². The number of thioether (sulfide) groups is 1. The average molecular weight is 265 g/mol. The normalized spacial score (nSPS) is 13.4. The molecule has 4 nitrogen and oxygen atoms in total. The van der Waals surface area contributed by atoms with Crippen molar-refractivity contribution >= 4 is 17.7 Å². The van der Waals surface area contributed by atoms with Crippen LogP contribution >= 0.6 is 11.8 Å². The predicted molar refractivity (Wildman–Crippen MR) is 57.1 cm³/mol. The van der Waals surface area contributed by atoms with Crippen LogP contribution in [0, 0.1) is 0 Å². The molecular weight excluding hydrogens is 255 g/mol. The van der Waals surface area contributed by atoms with Gasteiger partial charge in [0.2, 0.25) is 5.91 Å². The number of alkyl halides is 3. The quantitative estimate of drug-likeness (QED) is 0.796. The van der Waals surface area contributed by atoms with Crippen molar-refractivity contribution in [2.75, 3.05) is 5.75 Å². The fraction of sp³-hybridized carbons (Fsp3) is 0.333. The number of primary amides is 1. The first-order chi connectivity index (χ1) is 7.80. The number of nitrogens with zero attached hydrogens (tertiary/aromatic N) is 1. The lowest BCUT2D eigenvalue weighted by Gasteiger charge is -2.08. The van der Waals surface area contributed by atoms with E-state index in [0.717, 1.165) is 24.0 Å². The number of hydrogen-bond donors (Lipinski definition) is 2. The Morgan fingerprint density at radius 3 is 2.53 bits per heavy atom. The van der Waals surface area contributed by atoms with Crippen LogP contribution in [0.2, 0.25) is 0 Å². The summed E-state index contributed by atoms with van der Waals surface area (Å²) in [6.07, 6.45) is -3.67. The molecule has 8 heteroatoms. The number of amides is 1. The highest BCUT2D eigenvalue weighted by Gasteiger charge is 2.30. The fourth-order valence-corrected chi connectivity index (χ4v) is 1.70. The second-order valence-electron chi connectivity index (χ2n) is 3.20. The average Bonchev–Trinajstić information content (AvgIpc) is 2.25. The van der Waals surface area contributed by atoms with E-state index in [4.69, 9.17) is 11.5 Å². The zero-order chi connectivity index (χ0) is 13.1. The van der Waals surface area contributed by atoms with Crippen molar-refractivity contribution in [3.63, 3.8) is 0 Å². The lowest BCUT2D eigenvalue weighted by Crippen LogP contribution is -2.38. The van der Waals surface area contributed by atoms with Crippen molar-refractivity contribution in [1.29, 1.82) is 0 Å². The fourth-order valence-electron chi connectivity index (χ4n) is 0.891. The summed E-state index contributed by atoms with van der Waals surface area (Å²) in [7, 11) is 0. The van der Waals surface area contributed by atoms with Crippen molar-refractivity contribution in [1.82, 2.24) is 4.98 Å². The molecule has 0 bridgehead atoms. The monoisotopic (exact) mass is 265 g/mol. The molecule has 1 aromatic rings. The number of pyridine rings is 1. The van der Waals surface area contributed by atoms with E-state index in [1.165, 1.54) is 6.07 Å². The van der Waals surface area contributed by atoms with Gasteiger partial charge in [-0.3, -0.25) is 4.79 Å². The van der Waals surface area contributed by atoms with E-state index in [2.05, 4.69) is 4.98 Å². The van der Waals surface area contributed by atoms with Crippen LogP contribution in [0.15, 0.2) is 23.4 Å². The van der Waals surface area contributed by atoms with Crippen molar-refractivity contribution in [2.45, 2.75) is 17.2 Å². The number of aromatic nitrogens is 1. The van der Waals surface area contributed by atoms with E-state index in [0.29, 0.717) is 5.03 Å². The number of hydrogen-bond acceptors (Lipinski definition) is 4. The summed E-state index contributed by atoms with van der Waals surface area (Å²) in [4.78, 5) is 14.2. The molecule has 1 unspecified atom stereocenters. The summed E-state index contributed by atoms with van der Waals surface area (Å²) in [6, 6.07) is 1.30. The second kappa shape index (κ2) is 5.37. The Labute approximate surface area is 99.6 Å². The Morgan fingerprint density at radius 1 is 1.47 bits per heavy atom. The first-order valence-corrected chi connectivity index (χ1v) is 5.50. The molecule has 0 saturated carbocycles. The standard InChI is InChI=1S/C9H10F3N3OS/c10-9(11,12)5-1-2-7(15-3-5)17-4-6(13)8(14)16/h1-3,6H,4,13H2,(H2,14,16). The summed E-state index contributed by atoms with van der Waals surface area (Å²) in [5.74, 6) is -0.488. The van der Waals surface area contributed by atoms with E-state index in [9.17, 15) is 18.0 Å². The number of carbonyl (C=O) groups is 1. The minimum atomic E-state index is -4.40. The zero-order valence-electron chi connectivity index (χ0n) is 8.57. The molecule has 0 saturated heterocycles. The van der Waals surface area contributed by atoms with Crippen LogP contribution in [0.5, 0.6) is 0 Å². The van der Waals surface area contributed by atoms with Gasteiger partial charge in [0.25, 0.3) is 0 Å². The molecule has 0 spiro atoms. The summed E-state index contributed by atoms with van der Waals surface area (Å²) in [5, 5.41) is 0.356. The highest BCUT2D eigenvalue weighted by Crippen LogP contribution is 2.29. The largest absolute Gasteiger partial charge is 0.417 e. The summed E-state index contributed by atoms with van der Waals surface area (Å²) >= 11 is 1.07. The first kappa shape index (κ1) is 13.8. The van der Waals surface area contributed by atoms with Crippen LogP contribution < -0.4 is 11.5 Å². The molecule has 1 heterocycles. The number of nitrogens with two attached hydrogens (primary N) is 2. The van der Waals surface area contributed by atoms with E-state index in [1.807, 2.05) is 0 Å². The Bertz CT molecular complexity index is 393. The SMILES string of the molecule is NC(=O)C(N)CSc1ccc(C(F)(F)F)cn1. The minimum Gasteiger partial charge on any atom is -0.368 e. The lowest BCUT2D eigenvalue weighted by atomic mass is 10.3. The van der Waals surface area contributed by atoms with E-state index in [-0.39, 0.29) is 5.75 Å². The molecule has 94 valence electrons.